The van der Waals surface area contributed by atoms with Crippen LogP contribution in [0, 0.1) is 0 Å². The van der Waals surface area contributed by atoms with Crippen molar-refractivity contribution in [3.63, 3.8) is 0 Å². The topological polar surface area (TPSA) is 24.9 Å². The number of benzene rings is 2. The van der Waals surface area contributed by atoms with Gasteiger partial charge in [0.15, 0.2) is 0 Å². The van der Waals surface area contributed by atoms with Crippen LogP contribution in [-0.2, 0) is 6.54 Å². The normalized spacial score (nSPS) is 10.4. The van der Waals surface area contributed by atoms with Crippen molar-refractivity contribution >= 4 is 33.0 Å². The van der Waals surface area contributed by atoms with E-state index >= 15 is 0 Å². The fraction of sp³-hybridized carbons (Fsp3) is 0.0625. The molecule has 0 radical (unpaired) electrons. The van der Waals surface area contributed by atoms with Crippen molar-refractivity contribution in [2.45, 2.75) is 6.54 Å². The van der Waals surface area contributed by atoms with Crippen LogP contribution in [0.3, 0.4) is 0 Å². The van der Waals surface area contributed by atoms with Crippen molar-refractivity contribution in [3.05, 3.63) is 69.5 Å². The Kier molecular flexibility index (Phi) is 4.14. The molecule has 0 spiro atoms. The standard InChI is InChI=1S/C16H13BrN2S/c17-13-8-4-5-9-14(13)18-10-16-19-15(11-20-16)12-6-2-1-3-7-12/h1-9,11,18H,10H2. The number of thiazole rings is 1. The first kappa shape index (κ1) is 13.3. The SMILES string of the molecule is Brc1ccccc1NCc1nc(-c2ccccc2)cs1. The molecule has 0 amide bonds. The van der Waals surface area contributed by atoms with Gasteiger partial charge in [-0.15, -0.1) is 11.3 Å². The summed E-state index contributed by atoms with van der Waals surface area (Å²) in [5.74, 6) is 0. The van der Waals surface area contributed by atoms with Crippen LogP contribution < -0.4 is 5.32 Å². The van der Waals surface area contributed by atoms with E-state index in [2.05, 4.69) is 49.8 Å². The Morgan fingerprint density at radius 3 is 2.55 bits per heavy atom. The predicted octanol–water partition coefficient (Wildman–Crippen LogP) is 5.18. The summed E-state index contributed by atoms with van der Waals surface area (Å²) < 4.78 is 1.07. The maximum atomic E-state index is 4.67. The zero-order chi connectivity index (χ0) is 13.8. The summed E-state index contributed by atoms with van der Waals surface area (Å²) in [5, 5.41) is 6.58. The van der Waals surface area contributed by atoms with Gasteiger partial charge in [-0.1, -0.05) is 42.5 Å². The minimum absolute atomic E-state index is 0.736. The van der Waals surface area contributed by atoms with Gasteiger partial charge < -0.3 is 5.32 Å². The molecule has 0 unspecified atom stereocenters. The molecule has 2 nitrogen and oxygen atoms in total. The van der Waals surface area contributed by atoms with Crippen LogP contribution in [0.15, 0.2) is 64.5 Å². The number of hydrogen-bond donors (Lipinski definition) is 1. The Morgan fingerprint density at radius 1 is 1.00 bits per heavy atom. The van der Waals surface area contributed by atoms with Crippen LogP contribution >= 0.6 is 27.3 Å². The number of nitrogens with zero attached hydrogens (tertiary/aromatic N) is 1. The number of halogens is 1. The molecule has 0 aliphatic carbocycles. The van der Waals surface area contributed by atoms with Gasteiger partial charge in [-0.25, -0.2) is 4.98 Å². The summed E-state index contributed by atoms with van der Waals surface area (Å²) in [4.78, 5) is 4.67. The van der Waals surface area contributed by atoms with Crippen molar-refractivity contribution in [1.29, 1.82) is 0 Å². The van der Waals surface area contributed by atoms with E-state index in [1.807, 2.05) is 36.4 Å². The van der Waals surface area contributed by atoms with E-state index in [4.69, 9.17) is 0 Å². The van der Waals surface area contributed by atoms with Crippen LogP contribution in [0.5, 0.6) is 0 Å². The number of anilines is 1. The van der Waals surface area contributed by atoms with E-state index < -0.39 is 0 Å². The lowest BCUT2D eigenvalue weighted by atomic mass is 10.2. The van der Waals surface area contributed by atoms with Gasteiger partial charge in [0.1, 0.15) is 5.01 Å². The number of nitrogens with one attached hydrogen (secondary N) is 1. The summed E-state index contributed by atoms with van der Waals surface area (Å²) in [5.41, 5.74) is 3.29. The van der Waals surface area contributed by atoms with Gasteiger partial charge in [0.2, 0.25) is 0 Å². The zero-order valence-electron chi connectivity index (χ0n) is 10.7. The van der Waals surface area contributed by atoms with E-state index in [0.29, 0.717) is 0 Å². The highest BCUT2D eigenvalue weighted by Crippen LogP contribution is 2.24. The van der Waals surface area contributed by atoms with Gasteiger partial charge in [-0.3, -0.25) is 0 Å². The molecule has 4 heteroatoms. The number of rotatable bonds is 4. The van der Waals surface area contributed by atoms with Gasteiger partial charge in [-0.05, 0) is 28.1 Å². The third-order valence-electron chi connectivity index (χ3n) is 2.93. The molecule has 20 heavy (non-hydrogen) atoms. The zero-order valence-corrected chi connectivity index (χ0v) is 13.1. The summed E-state index contributed by atoms with van der Waals surface area (Å²) in [6.07, 6.45) is 0. The van der Waals surface area contributed by atoms with Gasteiger partial charge >= 0.3 is 0 Å². The number of para-hydroxylation sites is 1. The maximum absolute atomic E-state index is 4.67. The quantitative estimate of drug-likeness (QED) is 0.704. The molecular formula is C16H13BrN2S. The van der Waals surface area contributed by atoms with Crippen molar-refractivity contribution in [2.75, 3.05) is 5.32 Å². The Hall–Kier alpha value is -1.65. The number of aromatic nitrogens is 1. The van der Waals surface area contributed by atoms with Crippen LogP contribution in [0.4, 0.5) is 5.69 Å². The van der Waals surface area contributed by atoms with Crippen LogP contribution in [0.1, 0.15) is 5.01 Å². The highest BCUT2D eigenvalue weighted by molar-refractivity contribution is 9.10. The van der Waals surface area contributed by atoms with Gasteiger partial charge in [0.05, 0.1) is 12.2 Å². The van der Waals surface area contributed by atoms with Gasteiger partial charge in [0, 0.05) is 21.1 Å². The lowest BCUT2D eigenvalue weighted by Crippen LogP contribution is -1.99. The molecule has 1 heterocycles. The summed E-state index contributed by atoms with van der Waals surface area (Å²) >= 11 is 5.21. The van der Waals surface area contributed by atoms with E-state index in [1.54, 1.807) is 11.3 Å². The smallest absolute Gasteiger partial charge is 0.112 e. The Balaban J connectivity index is 1.71. The molecule has 0 aliphatic rings. The van der Waals surface area contributed by atoms with E-state index in [9.17, 15) is 0 Å². The van der Waals surface area contributed by atoms with Crippen LogP contribution in [-0.4, -0.2) is 4.98 Å². The predicted molar refractivity (Wildman–Crippen MR) is 89.0 cm³/mol. The molecule has 1 N–H and O–H groups in total. The molecule has 100 valence electrons. The van der Waals surface area contributed by atoms with E-state index in [1.165, 1.54) is 0 Å². The van der Waals surface area contributed by atoms with Gasteiger partial charge in [0.25, 0.3) is 0 Å². The second-order valence-corrected chi connectivity index (χ2v) is 6.12. The molecule has 0 saturated heterocycles. The fourth-order valence-electron chi connectivity index (χ4n) is 1.91. The Labute approximate surface area is 130 Å². The molecule has 0 fully saturated rings. The lowest BCUT2D eigenvalue weighted by molar-refractivity contribution is 1.10. The summed E-state index contributed by atoms with van der Waals surface area (Å²) in [7, 11) is 0. The van der Waals surface area contributed by atoms with Crippen LogP contribution in [0.2, 0.25) is 0 Å². The molecule has 0 saturated carbocycles. The first-order valence-electron chi connectivity index (χ1n) is 6.31. The fourth-order valence-corrected chi connectivity index (χ4v) is 3.08. The largest absolute Gasteiger partial charge is 0.378 e. The summed E-state index contributed by atoms with van der Waals surface area (Å²) in [6, 6.07) is 18.4. The highest BCUT2D eigenvalue weighted by atomic mass is 79.9. The van der Waals surface area contributed by atoms with Crippen molar-refractivity contribution in [3.8, 4) is 11.3 Å². The van der Waals surface area contributed by atoms with Crippen molar-refractivity contribution < 1.29 is 0 Å². The first-order valence-corrected chi connectivity index (χ1v) is 7.98. The molecule has 3 aromatic rings. The average molecular weight is 345 g/mol. The molecule has 1 aromatic heterocycles. The monoisotopic (exact) mass is 344 g/mol. The first-order chi connectivity index (χ1) is 9.83. The Bertz CT molecular complexity index is 694. The molecule has 2 aromatic carbocycles. The minimum atomic E-state index is 0.736. The maximum Gasteiger partial charge on any atom is 0.112 e. The van der Waals surface area contributed by atoms with Gasteiger partial charge in [-0.2, -0.15) is 0 Å². The van der Waals surface area contributed by atoms with Crippen molar-refractivity contribution in [1.82, 2.24) is 4.98 Å². The number of hydrogen-bond acceptors (Lipinski definition) is 3. The van der Waals surface area contributed by atoms with E-state index in [-0.39, 0.29) is 0 Å². The molecule has 3 rings (SSSR count). The second-order valence-electron chi connectivity index (χ2n) is 4.33. The summed E-state index contributed by atoms with van der Waals surface area (Å²) in [6.45, 7) is 0.736. The second kappa shape index (κ2) is 6.20. The molecule has 0 atom stereocenters. The van der Waals surface area contributed by atoms with Crippen LogP contribution in [0.25, 0.3) is 11.3 Å². The highest BCUT2D eigenvalue weighted by Gasteiger charge is 2.04. The third-order valence-corrected chi connectivity index (χ3v) is 4.47. The lowest BCUT2D eigenvalue weighted by Gasteiger charge is -2.05. The van der Waals surface area contributed by atoms with E-state index in [0.717, 1.165) is 33.0 Å². The average Bonchev–Trinajstić information content (AvgIpc) is 2.96. The molecule has 0 bridgehead atoms. The Morgan fingerprint density at radius 2 is 1.75 bits per heavy atom. The third kappa shape index (κ3) is 3.08. The molecular weight excluding hydrogens is 332 g/mol. The minimum Gasteiger partial charge on any atom is -0.378 e. The van der Waals surface area contributed by atoms with Crippen molar-refractivity contribution in [2.24, 2.45) is 0 Å². The molecule has 0 aliphatic heterocycles.